The monoisotopic (exact) mass is 506 g/mol. The van der Waals surface area contributed by atoms with Gasteiger partial charge in [0.2, 0.25) is 15.9 Å². The molecule has 0 bridgehead atoms. The third kappa shape index (κ3) is 5.32. The molecular weight excluding hydrogens is 472 g/mol. The first kappa shape index (κ1) is 25.2. The summed E-state index contributed by atoms with van der Waals surface area (Å²) in [6, 6.07) is 7.15. The molecule has 0 spiro atoms. The minimum absolute atomic E-state index is 0.142. The first-order chi connectivity index (χ1) is 16.3. The van der Waals surface area contributed by atoms with Crippen LogP contribution in [0, 0.1) is 0 Å². The Morgan fingerprint density at radius 1 is 1.06 bits per heavy atom. The molecule has 2 aliphatic rings. The second-order valence-electron chi connectivity index (χ2n) is 9.00. The summed E-state index contributed by atoms with van der Waals surface area (Å²) in [4.78, 5) is 17.1. The van der Waals surface area contributed by atoms with Crippen molar-refractivity contribution < 1.29 is 13.2 Å². The lowest BCUT2D eigenvalue weighted by Gasteiger charge is -2.33. The fraction of sp³-hybridized carbons (Fsp3) is 0.609. The molecule has 0 N–H and O–H groups in total. The predicted octanol–water partition coefficient (Wildman–Crippen LogP) is 2.39. The van der Waals surface area contributed by atoms with Crippen LogP contribution in [0.2, 0.25) is 0 Å². The van der Waals surface area contributed by atoms with Crippen molar-refractivity contribution in [2.75, 3.05) is 45.5 Å². The van der Waals surface area contributed by atoms with Crippen molar-refractivity contribution in [3.05, 3.63) is 24.3 Å². The van der Waals surface area contributed by atoms with E-state index in [9.17, 15) is 13.2 Å². The Bertz CT molecular complexity index is 1090. The van der Waals surface area contributed by atoms with Gasteiger partial charge in [-0.3, -0.25) is 4.79 Å². The molecule has 11 heteroatoms. The van der Waals surface area contributed by atoms with Crippen molar-refractivity contribution in [3.8, 4) is 11.4 Å². The first-order valence-electron chi connectivity index (χ1n) is 12.0. The van der Waals surface area contributed by atoms with Crippen LogP contribution in [-0.2, 0) is 21.4 Å². The summed E-state index contributed by atoms with van der Waals surface area (Å²) in [6.45, 7) is 8.07. The number of thioether (sulfide) groups is 1. The number of likely N-dealkylation sites (N-methyl/N-ethyl adjacent to an activating group) is 1. The molecule has 1 aromatic heterocycles. The van der Waals surface area contributed by atoms with Crippen LogP contribution in [0.3, 0.4) is 0 Å². The molecule has 186 valence electrons. The number of sulfonamides is 1. The highest BCUT2D eigenvalue weighted by Gasteiger charge is 2.28. The van der Waals surface area contributed by atoms with Crippen molar-refractivity contribution in [1.82, 2.24) is 28.9 Å². The molecule has 2 saturated heterocycles. The normalized spacial score (nSPS) is 20.6. The number of carbonyl (C=O) groups is 1. The van der Waals surface area contributed by atoms with Crippen LogP contribution in [0.15, 0.2) is 34.3 Å². The molecule has 0 radical (unpaired) electrons. The van der Waals surface area contributed by atoms with Gasteiger partial charge in [-0.1, -0.05) is 11.8 Å². The zero-order chi connectivity index (χ0) is 24.3. The van der Waals surface area contributed by atoms with Gasteiger partial charge < -0.3 is 14.4 Å². The fourth-order valence-electron chi connectivity index (χ4n) is 4.53. The zero-order valence-electron chi connectivity index (χ0n) is 20.2. The summed E-state index contributed by atoms with van der Waals surface area (Å²) in [5.74, 6) is 1.15. The van der Waals surface area contributed by atoms with E-state index in [4.69, 9.17) is 0 Å². The summed E-state index contributed by atoms with van der Waals surface area (Å²) in [6.07, 6.45) is 3.31. The second kappa shape index (κ2) is 10.8. The van der Waals surface area contributed by atoms with E-state index in [1.165, 1.54) is 18.2 Å². The topological polar surface area (TPSA) is 91.6 Å². The van der Waals surface area contributed by atoms with E-state index < -0.39 is 10.0 Å². The van der Waals surface area contributed by atoms with E-state index in [1.807, 2.05) is 23.4 Å². The van der Waals surface area contributed by atoms with Gasteiger partial charge in [-0.25, -0.2) is 8.42 Å². The lowest BCUT2D eigenvalue weighted by Crippen LogP contribution is -2.46. The molecule has 2 fully saturated rings. The Morgan fingerprint density at radius 2 is 1.76 bits per heavy atom. The smallest absolute Gasteiger partial charge is 0.243 e. The lowest BCUT2D eigenvalue weighted by atomic mass is 10.0. The van der Waals surface area contributed by atoms with E-state index in [1.54, 1.807) is 28.6 Å². The molecule has 3 heterocycles. The van der Waals surface area contributed by atoms with E-state index in [2.05, 4.69) is 22.0 Å². The molecular formula is C23H34N6O3S2. The minimum Gasteiger partial charge on any atom is -0.339 e. The van der Waals surface area contributed by atoms with Gasteiger partial charge in [0.1, 0.15) is 0 Å². The van der Waals surface area contributed by atoms with Crippen molar-refractivity contribution in [2.24, 2.45) is 0 Å². The maximum absolute atomic E-state index is 13.0. The number of hydrogen-bond donors (Lipinski definition) is 0. The van der Waals surface area contributed by atoms with Crippen LogP contribution < -0.4 is 0 Å². The standard InChI is InChI=1S/C23H34N6O3S2/c1-4-28-22(24-25-23(28)33-17-21(30)29-12-6-5-7-18(29)2)19-8-10-20(11-9-19)34(31,32)27-15-13-26(3)14-16-27/h8-11,18H,4-7,12-17H2,1-3H3/t18-/m1/s1. The Labute approximate surface area is 206 Å². The highest BCUT2D eigenvalue weighted by molar-refractivity contribution is 7.99. The van der Waals surface area contributed by atoms with Crippen LogP contribution >= 0.6 is 11.8 Å². The Balaban J connectivity index is 1.46. The second-order valence-corrected chi connectivity index (χ2v) is 11.9. The first-order valence-corrected chi connectivity index (χ1v) is 14.4. The van der Waals surface area contributed by atoms with Gasteiger partial charge >= 0.3 is 0 Å². The van der Waals surface area contributed by atoms with E-state index in [0.29, 0.717) is 47.3 Å². The summed E-state index contributed by atoms with van der Waals surface area (Å²) in [5.41, 5.74) is 0.800. The number of hydrogen-bond acceptors (Lipinski definition) is 7. The number of piperidine rings is 1. The van der Waals surface area contributed by atoms with Crippen molar-refractivity contribution in [1.29, 1.82) is 0 Å². The quantitative estimate of drug-likeness (QED) is 0.533. The average molecular weight is 507 g/mol. The molecule has 2 aliphatic heterocycles. The van der Waals surface area contributed by atoms with Crippen LogP contribution in [-0.4, -0.2) is 94.8 Å². The summed E-state index contributed by atoms with van der Waals surface area (Å²) in [5, 5.41) is 9.38. The molecule has 0 unspecified atom stereocenters. The van der Waals surface area contributed by atoms with E-state index in [0.717, 1.165) is 38.0 Å². The highest BCUT2D eigenvalue weighted by atomic mass is 32.2. The van der Waals surface area contributed by atoms with Crippen LogP contribution in [0.4, 0.5) is 0 Å². The van der Waals surface area contributed by atoms with Gasteiger partial charge in [-0.2, -0.15) is 4.31 Å². The van der Waals surface area contributed by atoms with Gasteiger partial charge in [0.25, 0.3) is 0 Å². The van der Waals surface area contributed by atoms with Gasteiger partial charge in [-0.05, 0) is 64.4 Å². The third-order valence-corrected chi connectivity index (χ3v) is 9.56. The van der Waals surface area contributed by atoms with Crippen LogP contribution in [0.1, 0.15) is 33.1 Å². The van der Waals surface area contributed by atoms with E-state index in [-0.39, 0.29) is 5.91 Å². The van der Waals surface area contributed by atoms with Crippen molar-refractivity contribution in [2.45, 2.75) is 55.7 Å². The molecule has 9 nitrogen and oxygen atoms in total. The molecule has 34 heavy (non-hydrogen) atoms. The van der Waals surface area contributed by atoms with E-state index >= 15 is 0 Å². The van der Waals surface area contributed by atoms with Gasteiger partial charge in [0, 0.05) is 50.9 Å². The van der Waals surface area contributed by atoms with Crippen molar-refractivity contribution in [3.63, 3.8) is 0 Å². The Kier molecular flexibility index (Phi) is 7.96. The maximum atomic E-state index is 13.0. The SMILES string of the molecule is CCn1c(SCC(=O)N2CCCC[C@H]2C)nnc1-c1ccc(S(=O)(=O)N2CCN(C)CC2)cc1. The average Bonchev–Trinajstić information content (AvgIpc) is 3.26. The number of piperazine rings is 1. The van der Waals surface area contributed by atoms with Crippen LogP contribution in [0.5, 0.6) is 0 Å². The van der Waals surface area contributed by atoms with Gasteiger partial charge in [-0.15, -0.1) is 10.2 Å². The van der Waals surface area contributed by atoms with Crippen LogP contribution in [0.25, 0.3) is 11.4 Å². The number of likely N-dealkylation sites (tertiary alicyclic amines) is 1. The number of carbonyl (C=O) groups excluding carboxylic acids is 1. The molecule has 0 aliphatic carbocycles. The number of amides is 1. The molecule has 1 atom stereocenters. The Morgan fingerprint density at radius 3 is 2.41 bits per heavy atom. The third-order valence-electron chi connectivity index (χ3n) is 6.69. The predicted molar refractivity (Wildman–Crippen MR) is 133 cm³/mol. The van der Waals surface area contributed by atoms with Crippen molar-refractivity contribution >= 4 is 27.7 Å². The lowest BCUT2D eigenvalue weighted by molar-refractivity contribution is -0.131. The number of nitrogens with zero attached hydrogens (tertiary/aromatic N) is 6. The summed E-state index contributed by atoms with van der Waals surface area (Å²) >= 11 is 1.41. The largest absolute Gasteiger partial charge is 0.339 e. The summed E-state index contributed by atoms with van der Waals surface area (Å²) in [7, 11) is -1.51. The number of rotatable bonds is 7. The van der Waals surface area contributed by atoms with Gasteiger partial charge in [0.15, 0.2) is 11.0 Å². The Hall–Kier alpha value is -1.95. The number of benzene rings is 1. The number of aromatic nitrogens is 3. The van der Waals surface area contributed by atoms with Gasteiger partial charge in [0.05, 0.1) is 10.6 Å². The maximum Gasteiger partial charge on any atom is 0.243 e. The molecule has 0 saturated carbocycles. The molecule has 1 aromatic carbocycles. The highest BCUT2D eigenvalue weighted by Crippen LogP contribution is 2.27. The molecule has 1 amide bonds. The summed E-state index contributed by atoms with van der Waals surface area (Å²) < 4.78 is 29.5. The fourth-order valence-corrected chi connectivity index (χ4v) is 6.84. The zero-order valence-corrected chi connectivity index (χ0v) is 21.8. The molecule has 4 rings (SSSR count). The minimum atomic E-state index is -3.51. The molecule has 2 aromatic rings.